The van der Waals surface area contributed by atoms with Crippen LogP contribution in [0.3, 0.4) is 0 Å². The lowest BCUT2D eigenvalue weighted by molar-refractivity contribution is -0.123. The molecule has 2 atom stereocenters. The number of fused-ring (bicyclic) bond motifs is 1. The molecule has 2 aromatic carbocycles. The van der Waals surface area contributed by atoms with E-state index in [-0.39, 0.29) is 11.8 Å². The van der Waals surface area contributed by atoms with Crippen LogP contribution in [0.4, 0.5) is 11.4 Å². The third kappa shape index (κ3) is 3.59. The molecule has 1 heterocycles. The number of rotatable bonds is 3. The third-order valence-electron chi connectivity index (χ3n) is 3.64. The van der Waals surface area contributed by atoms with Crippen molar-refractivity contribution >= 4 is 50.9 Å². The third-order valence-corrected chi connectivity index (χ3v) is 5.65. The summed E-state index contributed by atoms with van der Waals surface area (Å²) in [6.45, 7) is 1.78. The summed E-state index contributed by atoms with van der Waals surface area (Å²) in [4.78, 5) is 25.7. The highest BCUT2D eigenvalue weighted by atomic mass is 79.9. The molecule has 0 saturated heterocycles. The molecule has 2 amide bonds. The Hall–Kier alpha value is -1.79. The van der Waals surface area contributed by atoms with Crippen LogP contribution in [0.2, 0.25) is 0 Å². The Balaban J connectivity index is 1.72. The first-order valence-electron chi connectivity index (χ1n) is 7.17. The minimum Gasteiger partial charge on any atom is -0.326 e. The summed E-state index contributed by atoms with van der Waals surface area (Å²) in [5.41, 5.74) is 1.52. The molecular weight excluding hydrogens is 376 g/mol. The van der Waals surface area contributed by atoms with E-state index in [4.69, 9.17) is 0 Å². The second-order valence-corrected chi connectivity index (χ2v) is 7.41. The minimum atomic E-state index is -0.447. The van der Waals surface area contributed by atoms with E-state index in [2.05, 4.69) is 26.6 Å². The van der Waals surface area contributed by atoms with Crippen LogP contribution in [0, 0.1) is 5.92 Å². The maximum absolute atomic E-state index is 12.4. The number of anilines is 2. The van der Waals surface area contributed by atoms with Gasteiger partial charge in [-0.05, 0) is 36.4 Å². The van der Waals surface area contributed by atoms with E-state index in [1.165, 1.54) is 11.8 Å². The Morgan fingerprint density at radius 1 is 1.22 bits per heavy atom. The summed E-state index contributed by atoms with van der Waals surface area (Å²) in [5.74, 6) is -0.747. The van der Waals surface area contributed by atoms with E-state index >= 15 is 0 Å². The molecule has 0 spiro atoms. The molecule has 0 aromatic heterocycles. The van der Waals surface area contributed by atoms with Crippen LogP contribution >= 0.6 is 27.7 Å². The van der Waals surface area contributed by atoms with Crippen LogP contribution in [-0.2, 0) is 9.59 Å². The topological polar surface area (TPSA) is 58.2 Å². The average Bonchev–Trinajstić information content (AvgIpc) is 2.55. The van der Waals surface area contributed by atoms with Crippen molar-refractivity contribution in [2.75, 3.05) is 10.6 Å². The van der Waals surface area contributed by atoms with Gasteiger partial charge in [0.25, 0.3) is 0 Å². The lowest BCUT2D eigenvalue weighted by Crippen LogP contribution is -2.39. The van der Waals surface area contributed by atoms with Crippen LogP contribution < -0.4 is 10.6 Å². The fourth-order valence-corrected chi connectivity index (χ4v) is 3.76. The molecule has 4 nitrogen and oxygen atoms in total. The highest BCUT2D eigenvalue weighted by Gasteiger charge is 2.35. The molecule has 1 aliphatic rings. The van der Waals surface area contributed by atoms with Crippen molar-refractivity contribution in [3.05, 3.63) is 53.0 Å². The molecular formula is C17H15BrN2O2S. The molecule has 6 heteroatoms. The number of nitrogens with one attached hydrogen (secondary N) is 2. The van der Waals surface area contributed by atoms with Gasteiger partial charge in [-0.1, -0.05) is 35.0 Å². The Labute approximate surface area is 147 Å². The predicted molar refractivity (Wildman–Crippen MR) is 96.7 cm³/mol. The van der Waals surface area contributed by atoms with Gasteiger partial charge >= 0.3 is 0 Å². The van der Waals surface area contributed by atoms with Crippen molar-refractivity contribution in [3.63, 3.8) is 0 Å². The largest absolute Gasteiger partial charge is 0.326 e. The number of carbonyl (C=O) groups is 2. The minimum absolute atomic E-state index is 0.132. The van der Waals surface area contributed by atoms with E-state index < -0.39 is 11.2 Å². The fourth-order valence-electron chi connectivity index (χ4n) is 2.32. The van der Waals surface area contributed by atoms with Gasteiger partial charge in [0.05, 0.1) is 16.9 Å². The Kier molecular flexibility index (Phi) is 4.73. The van der Waals surface area contributed by atoms with E-state index in [1.54, 1.807) is 6.92 Å². The molecule has 0 fully saturated rings. The van der Waals surface area contributed by atoms with Crippen molar-refractivity contribution < 1.29 is 9.59 Å². The smallest absolute Gasteiger partial charge is 0.238 e. The van der Waals surface area contributed by atoms with Gasteiger partial charge in [0.2, 0.25) is 11.8 Å². The van der Waals surface area contributed by atoms with Crippen molar-refractivity contribution in [3.8, 4) is 0 Å². The maximum atomic E-state index is 12.4. The van der Waals surface area contributed by atoms with Crippen LogP contribution in [0.25, 0.3) is 0 Å². The summed E-state index contributed by atoms with van der Waals surface area (Å²) < 4.78 is 0.947. The SMILES string of the molecule is CC(C(=O)Nc1ccc(Br)cc1)C1Sc2ccccc2NC1=O. The van der Waals surface area contributed by atoms with Crippen molar-refractivity contribution in [1.29, 1.82) is 0 Å². The zero-order valence-electron chi connectivity index (χ0n) is 12.4. The number of thioether (sulfide) groups is 1. The molecule has 118 valence electrons. The first kappa shape index (κ1) is 16.1. The van der Waals surface area contributed by atoms with E-state index in [1.807, 2.05) is 48.5 Å². The number of hydrogen-bond donors (Lipinski definition) is 2. The number of benzene rings is 2. The highest BCUT2D eigenvalue weighted by Crippen LogP contribution is 2.38. The molecule has 2 aromatic rings. The lowest BCUT2D eigenvalue weighted by atomic mass is 10.1. The second-order valence-electron chi connectivity index (χ2n) is 5.31. The molecule has 0 radical (unpaired) electrons. The summed E-state index contributed by atoms with van der Waals surface area (Å²) in [6, 6.07) is 15.0. The molecule has 3 rings (SSSR count). The number of carbonyl (C=O) groups excluding carboxylic acids is 2. The van der Waals surface area contributed by atoms with Crippen LogP contribution in [0.15, 0.2) is 57.9 Å². The van der Waals surface area contributed by atoms with Crippen molar-refractivity contribution in [2.24, 2.45) is 5.92 Å². The van der Waals surface area contributed by atoms with Gasteiger partial charge in [-0.3, -0.25) is 9.59 Å². The highest BCUT2D eigenvalue weighted by molar-refractivity contribution is 9.10. The van der Waals surface area contributed by atoms with Gasteiger partial charge in [0.15, 0.2) is 0 Å². The van der Waals surface area contributed by atoms with Gasteiger partial charge in [-0.25, -0.2) is 0 Å². The molecule has 1 aliphatic heterocycles. The summed E-state index contributed by atoms with van der Waals surface area (Å²) >= 11 is 4.79. The average molecular weight is 391 g/mol. The quantitative estimate of drug-likeness (QED) is 0.827. The summed E-state index contributed by atoms with van der Waals surface area (Å²) in [6.07, 6.45) is 0. The molecule has 0 saturated carbocycles. The Bertz CT molecular complexity index is 749. The Morgan fingerprint density at radius 3 is 2.65 bits per heavy atom. The first-order valence-corrected chi connectivity index (χ1v) is 8.85. The zero-order valence-corrected chi connectivity index (χ0v) is 14.8. The monoisotopic (exact) mass is 390 g/mol. The van der Waals surface area contributed by atoms with E-state index in [0.29, 0.717) is 5.69 Å². The maximum Gasteiger partial charge on any atom is 0.238 e. The molecule has 0 bridgehead atoms. The Morgan fingerprint density at radius 2 is 1.91 bits per heavy atom. The van der Waals surface area contributed by atoms with Crippen molar-refractivity contribution in [2.45, 2.75) is 17.1 Å². The van der Waals surface area contributed by atoms with E-state index in [0.717, 1.165) is 15.1 Å². The van der Waals surface area contributed by atoms with Gasteiger partial charge in [0.1, 0.15) is 0 Å². The number of amides is 2. The lowest BCUT2D eigenvalue weighted by Gasteiger charge is -2.27. The molecule has 0 aliphatic carbocycles. The van der Waals surface area contributed by atoms with Crippen molar-refractivity contribution in [1.82, 2.24) is 0 Å². The molecule has 23 heavy (non-hydrogen) atoms. The van der Waals surface area contributed by atoms with Gasteiger partial charge < -0.3 is 10.6 Å². The number of halogens is 1. The summed E-state index contributed by atoms with van der Waals surface area (Å²) in [5, 5.41) is 5.28. The number of hydrogen-bond acceptors (Lipinski definition) is 3. The fraction of sp³-hybridized carbons (Fsp3) is 0.176. The molecule has 2 unspecified atom stereocenters. The second kappa shape index (κ2) is 6.76. The molecule has 2 N–H and O–H groups in total. The van der Waals surface area contributed by atoms with Gasteiger partial charge in [-0.15, -0.1) is 11.8 Å². The van der Waals surface area contributed by atoms with Gasteiger partial charge in [0, 0.05) is 15.1 Å². The standard InChI is InChI=1S/C17H15BrN2O2S/c1-10(16(21)19-12-8-6-11(18)7-9-12)15-17(22)20-13-4-2-3-5-14(13)23-15/h2-10,15H,1H3,(H,19,21)(H,20,22). The zero-order chi connectivity index (χ0) is 16.4. The predicted octanol–water partition coefficient (Wildman–Crippen LogP) is 4.14. The van der Waals surface area contributed by atoms with E-state index in [9.17, 15) is 9.59 Å². The number of para-hydroxylation sites is 1. The summed E-state index contributed by atoms with van der Waals surface area (Å²) in [7, 11) is 0. The van der Waals surface area contributed by atoms with Crippen LogP contribution in [0.5, 0.6) is 0 Å². The normalized spacial score (nSPS) is 17.8. The van der Waals surface area contributed by atoms with Crippen LogP contribution in [-0.4, -0.2) is 17.1 Å². The van der Waals surface area contributed by atoms with Gasteiger partial charge in [-0.2, -0.15) is 0 Å². The van der Waals surface area contributed by atoms with Crippen LogP contribution in [0.1, 0.15) is 6.92 Å². The first-order chi connectivity index (χ1) is 11.0.